The molecular formula is C16H14O2. The Balaban J connectivity index is 2.44. The first-order valence-corrected chi connectivity index (χ1v) is 5.70. The maximum absolute atomic E-state index is 11.0. The maximum atomic E-state index is 11.0. The highest BCUT2D eigenvalue weighted by Gasteiger charge is 2.09. The van der Waals surface area contributed by atoms with Crippen molar-refractivity contribution in [3.8, 4) is 11.1 Å². The lowest BCUT2D eigenvalue weighted by Crippen LogP contribution is -1.98. The fourth-order valence-electron chi connectivity index (χ4n) is 1.82. The summed E-state index contributed by atoms with van der Waals surface area (Å²) in [6, 6.07) is 17.7. The molecule has 0 unspecified atom stereocenters. The number of ether oxygens (including phenoxy) is 1. The quantitative estimate of drug-likeness (QED) is 0.599. The van der Waals surface area contributed by atoms with E-state index >= 15 is 0 Å². The van der Waals surface area contributed by atoms with Crippen molar-refractivity contribution < 1.29 is 9.53 Å². The molecule has 0 aliphatic carbocycles. The summed E-state index contributed by atoms with van der Waals surface area (Å²) in [6.07, 6.45) is 0. The van der Waals surface area contributed by atoms with Crippen LogP contribution in [-0.4, -0.2) is 5.97 Å². The molecule has 90 valence electrons. The summed E-state index contributed by atoms with van der Waals surface area (Å²) < 4.78 is 5.07. The van der Waals surface area contributed by atoms with Crippen LogP contribution < -0.4 is 0 Å². The minimum absolute atomic E-state index is 0.358. The van der Waals surface area contributed by atoms with Crippen LogP contribution in [0.25, 0.3) is 16.9 Å². The van der Waals surface area contributed by atoms with Gasteiger partial charge in [0.15, 0.2) is 0 Å². The van der Waals surface area contributed by atoms with Gasteiger partial charge in [-0.1, -0.05) is 61.2 Å². The van der Waals surface area contributed by atoms with Gasteiger partial charge in [-0.2, -0.15) is 0 Å². The highest BCUT2D eigenvalue weighted by molar-refractivity contribution is 5.82. The fraction of sp³-hybridized carbons (Fsp3) is 0.0625. The van der Waals surface area contributed by atoms with E-state index in [-0.39, 0.29) is 5.97 Å². The molecule has 0 radical (unpaired) electrons. The minimum Gasteiger partial charge on any atom is -0.427 e. The van der Waals surface area contributed by atoms with Gasteiger partial charge in [0, 0.05) is 12.5 Å². The number of carbonyl (C=O) groups excluding carboxylic acids is 1. The lowest BCUT2D eigenvalue weighted by molar-refractivity contribution is -0.134. The summed E-state index contributed by atoms with van der Waals surface area (Å²) in [4.78, 5) is 11.0. The third kappa shape index (κ3) is 2.66. The Kier molecular flexibility index (Phi) is 3.58. The summed E-state index contributed by atoms with van der Waals surface area (Å²) in [5.41, 5.74) is 2.91. The SMILES string of the molecule is C=C(OC(C)=O)c1ccccc1-c1ccccc1. The minimum atomic E-state index is -0.358. The molecule has 2 nitrogen and oxygen atoms in total. The van der Waals surface area contributed by atoms with Gasteiger partial charge in [-0.25, -0.2) is 0 Å². The van der Waals surface area contributed by atoms with Crippen LogP contribution in [0.5, 0.6) is 0 Å². The normalized spacial score (nSPS) is 9.83. The van der Waals surface area contributed by atoms with Crippen molar-refractivity contribution >= 4 is 11.7 Å². The predicted molar refractivity (Wildman–Crippen MR) is 72.7 cm³/mol. The number of carbonyl (C=O) groups is 1. The first-order chi connectivity index (χ1) is 8.68. The number of esters is 1. The Hall–Kier alpha value is -2.35. The zero-order valence-electron chi connectivity index (χ0n) is 10.2. The van der Waals surface area contributed by atoms with Crippen LogP contribution >= 0.6 is 0 Å². The molecule has 18 heavy (non-hydrogen) atoms. The Morgan fingerprint density at radius 1 is 1.00 bits per heavy atom. The summed E-state index contributed by atoms with van der Waals surface area (Å²) >= 11 is 0. The molecule has 2 aromatic carbocycles. The summed E-state index contributed by atoms with van der Waals surface area (Å²) in [5, 5.41) is 0. The van der Waals surface area contributed by atoms with Crippen molar-refractivity contribution in [3.63, 3.8) is 0 Å². The van der Waals surface area contributed by atoms with Gasteiger partial charge in [-0.3, -0.25) is 4.79 Å². The van der Waals surface area contributed by atoms with Gasteiger partial charge in [-0.05, 0) is 11.1 Å². The predicted octanol–water partition coefficient (Wildman–Crippen LogP) is 3.89. The average Bonchev–Trinajstić information content (AvgIpc) is 2.39. The van der Waals surface area contributed by atoms with Crippen LogP contribution in [-0.2, 0) is 9.53 Å². The summed E-state index contributed by atoms with van der Waals surface area (Å²) in [6.45, 7) is 5.18. The van der Waals surface area contributed by atoms with Crippen molar-refractivity contribution in [1.29, 1.82) is 0 Å². The molecule has 2 rings (SSSR count). The van der Waals surface area contributed by atoms with Crippen LogP contribution in [0.4, 0.5) is 0 Å². The van der Waals surface area contributed by atoms with Gasteiger partial charge >= 0.3 is 5.97 Å². The molecule has 0 atom stereocenters. The van der Waals surface area contributed by atoms with Gasteiger partial charge in [0.25, 0.3) is 0 Å². The molecule has 2 aromatic rings. The molecule has 0 aliphatic heterocycles. The molecule has 0 heterocycles. The van der Waals surface area contributed by atoms with Crippen molar-refractivity contribution in [2.75, 3.05) is 0 Å². The molecule has 0 amide bonds. The molecule has 0 N–H and O–H groups in total. The monoisotopic (exact) mass is 238 g/mol. The van der Waals surface area contributed by atoms with Crippen molar-refractivity contribution in [2.45, 2.75) is 6.92 Å². The van der Waals surface area contributed by atoms with E-state index in [4.69, 9.17) is 4.74 Å². The summed E-state index contributed by atoms with van der Waals surface area (Å²) in [5.74, 6) is 0.0183. The number of benzene rings is 2. The number of rotatable bonds is 3. The van der Waals surface area contributed by atoms with E-state index in [0.717, 1.165) is 16.7 Å². The molecule has 0 saturated heterocycles. The third-order valence-electron chi connectivity index (χ3n) is 2.58. The number of hydrogen-bond acceptors (Lipinski definition) is 2. The molecule has 2 heteroatoms. The lowest BCUT2D eigenvalue weighted by atomic mass is 9.99. The second-order valence-electron chi connectivity index (χ2n) is 3.93. The average molecular weight is 238 g/mol. The lowest BCUT2D eigenvalue weighted by Gasteiger charge is -2.11. The molecule has 0 aliphatic rings. The second kappa shape index (κ2) is 5.32. The van der Waals surface area contributed by atoms with Crippen LogP contribution in [0.15, 0.2) is 61.2 Å². The summed E-state index contributed by atoms with van der Waals surface area (Å²) in [7, 11) is 0. The molecule has 0 spiro atoms. The fourth-order valence-corrected chi connectivity index (χ4v) is 1.82. The number of hydrogen-bond donors (Lipinski definition) is 0. The molecular weight excluding hydrogens is 224 g/mol. The van der Waals surface area contributed by atoms with Crippen molar-refractivity contribution in [2.24, 2.45) is 0 Å². The maximum Gasteiger partial charge on any atom is 0.308 e. The molecule has 0 bridgehead atoms. The van der Waals surface area contributed by atoms with Crippen LogP contribution in [0.1, 0.15) is 12.5 Å². The van der Waals surface area contributed by atoms with Crippen LogP contribution in [0.2, 0.25) is 0 Å². The highest BCUT2D eigenvalue weighted by Crippen LogP contribution is 2.28. The Morgan fingerprint density at radius 3 is 2.28 bits per heavy atom. The van der Waals surface area contributed by atoms with Crippen LogP contribution in [0.3, 0.4) is 0 Å². The zero-order valence-corrected chi connectivity index (χ0v) is 10.2. The standard InChI is InChI=1S/C16H14O2/c1-12(18-13(2)17)15-10-6-7-11-16(15)14-8-4-3-5-9-14/h3-11H,1H2,2H3. The second-order valence-corrected chi connectivity index (χ2v) is 3.93. The van der Waals surface area contributed by atoms with Gasteiger partial charge in [-0.15, -0.1) is 0 Å². The van der Waals surface area contributed by atoms with Crippen LogP contribution in [0, 0.1) is 0 Å². The third-order valence-corrected chi connectivity index (χ3v) is 2.58. The largest absolute Gasteiger partial charge is 0.427 e. The molecule has 0 saturated carbocycles. The van der Waals surface area contributed by atoms with Gasteiger partial charge in [0.05, 0.1) is 0 Å². The van der Waals surface area contributed by atoms with Crippen molar-refractivity contribution in [1.82, 2.24) is 0 Å². The molecule has 0 fully saturated rings. The zero-order chi connectivity index (χ0) is 13.0. The smallest absolute Gasteiger partial charge is 0.308 e. The van der Waals surface area contributed by atoms with E-state index in [9.17, 15) is 4.79 Å². The Labute approximate surface area is 107 Å². The first-order valence-electron chi connectivity index (χ1n) is 5.70. The van der Waals surface area contributed by atoms with E-state index < -0.39 is 0 Å². The van der Waals surface area contributed by atoms with Gasteiger partial charge < -0.3 is 4.74 Å². The Bertz CT molecular complexity index is 571. The van der Waals surface area contributed by atoms with E-state index in [1.807, 2.05) is 54.6 Å². The topological polar surface area (TPSA) is 26.3 Å². The van der Waals surface area contributed by atoms with Gasteiger partial charge in [0.2, 0.25) is 0 Å². The van der Waals surface area contributed by atoms with E-state index in [1.165, 1.54) is 6.92 Å². The molecule has 0 aromatic heterocycles. The van der Waals surface area contributed by atoms with E-state index in [0.29, 0.717) is 5.76 Å². The van der Waals surface area contributed by atoms with Gasteiger partial charge in [0.1, 0.15) is 5.76 Å². The highest BCUT2D eigenvalue weighted by atomic mass is 16.5. The Morgan fingerprint density at radius 2 is 1.61 bits per heavy atom. The van der Waals surface area contributed by atoms with E-state index in [1.54, 1.807) is 0 Å². The van der Waals surface area contributed by atoms with Crippen molar-refractivity contribution in [3.05, 3.63) is 66.7 Å². The van der Waals surface area contributed by atoms with E-state index in [2.05, 4.69) is 6.58 Å². The first kappa shape index (κ1) is 12.1.